The molecule has 0 aliphatic carbocycles. The molecule has 2 aromatic carbocycles. The highest BCUT2D eigenvalue weighted by molar-refractivity contribution is 7.92. The van der Waals surface area contributed by atoms with E-state index < -0.39 is 39.9 Å². The molecular weight excluding hydrogens is 339 g/mol. The predicted octanol–water partition coefficient (Wildman–Crippen LogP) is 1.65. The van der Waals surface area contributed by atoms with Crippen LogP contribution >= 0.6 is 0 Å². The maximum Gasteiger partial charge on any atom is 0.326 e. The molecule has 2 N–H and O–H groups in total. The highest BCUT2D eigenvalue weighted by Crippen LogP contribution is 2.39. The third-order valence-corrected chi connectivity index (χ3v) is 4.92. The van der Waals surface area contributed by atoms with Crippen molar-refractivity contribution in [2.75, 3.05) is 17.5 Å². The lowest BCUT2D eigenvalue weighted by Crippen LogP contribution is -2.30. The first kappa shape index (κ1) is 16.3. The number of ether oxygens (including phenoxy) is 1. The van der Waals surface area contributed by atoms with E-state index in [0.717, 1.165) is 6.42 Å². The summed E-state index contributed by atoms with van der Waals surface area (Å²) in [7, 11) is -4.22. The molecule has 9 heteroatoms. The summed E-state index contributed by atoms with van der Waals surface area (Å²) in [6.45, 7) is 1.79. The van der Waals surface area contributed by atoms with Crippen LogP contribution in [-0.4, -0.2) is 32.6 Å². The van der Waals surface area contributed by atoms with E-state index in [1.54, 1.807) is 16.9 Å². The summed E-state index contributed by atoms with van der Waals surface area (Å²) in [5.41, 5.74) is -0.562. The SMILES string of the molecule is CCCOc1ccc2cc(O)c(N3CC(=O)NS3(=O)=O)c(F)c2c1. The number of rotatable bonds is 4. The molecule has 3 rings (SSSR count). The predicted molar refractivity (Wildman–Crippen MR) is 85.8 cm³/mol. The molecule has 1 amide bonds. The molecule has 1 aliphatic rings. The number of nitrogens with zero attached hydrogens (tertiary/aromatic N) is 1. The number of hydrogen-bond acceptors (Lipinski definition) is 5. The number of phenols is 1. The zero-order valence-electron chi connectivity index (χ0n) is 12.7. The van der Waals surface area contributed by atoms with Crippen LogP contribution in [0.3, 0.4) is 0 Å². The summed E-state index contributed by atoms with van der Waals surface area (Å²) in [5, 5.41) is 10.5. The van der Waals surface area contributed by atoms with E-state index in [0.29, 0.717) is 22.0 Å². The van der Waals surface area contributed by atoms with Crippen LogP contribution in [0, 0.1) is 5.82 Å². The van der Waals surface area contributed by atoms with Gasteiger partial charge < -0.3 is 9.84 Å². The molecule has 0 aromatic heterocycles. The Morgan fingerprint density at radius 2 is 2.12 bits per heavy atom. The quantitative estimate of drug-likeness (QED) is 0.870. The van der Waals surface area contributed by atoms with Crippen molar-refractivity contribution in [2.45, 2.75) is 13.3 Å². The Morgan fingerprint density at radius 1 is 1.38 bits per heavy atom. The first-order valence-electron chi connectivity index (χ1n) is 7.25. The van der Waals surface area contributed by atoms with Crippen molar-refractivity contribution < 1.29 is 27.4 Å². The van der Waals surface area contributed by atoms with Crippen molar-refractivity contribution in [1.29, 1.82) is 0 Å². The standard InChI is InChI=1S/C15H15FN2O5S/c1-2-5-23-10-4-3-9-6-12(19)15(14(16)11(9)7-10)18-8-13(20)17-24(18,21)22/h3-4,6-7,19H,2,5,8H2,1H3,(H,17,20). The molecule has 0 radical (unpaired) electrons. The number of anilines is 1. The van der Waals surface area contributed by atoms with Crippen molar-refractivity contribution in [2.24, 2.45) is 0 Å². The van der Waals surface area contributed by atoms with Crippen molar-refractivity contribution in [1.82, 2.24) is 4.72 Å². The molecule has 0 atom stereocenters. The minimum absolute atomic E-state index is 0.0888. The lowest BCUT2D eigenvalue weighted by atomic mass is 10.1. The van der Waals surface area contributed by atoms with Gasteiger partial charge in [-0.1, -0.05) is 13.0 Å². The topological polar surface area (TPSA) is 95.9 Å². The van der Waals surface area contributed by atoms with Crippen LogP contribution in [-0.2, 0) is 15.0 Å². The number of amides is 1. The number of aromatic hydroxyl groups is 1. The average molecular weight is 354 g/mol. The van der Waals surface area contributed by atoms with Gasteiger partial charge in [-0.25, -0.2) is 13.4 Å². The van der Waals surface area contributed by atoms with Crippen LogP contribution in [0.1, 0.15) is 13.3 Å². The fourth-order valence-corrected chi connectivity index (χ4v) is 3.66. The summed E-state index contributed by atoms with van der Waals surface area (Å²) >= 11 is 0. The molecule has 2 aromatic rings. The van der Waals surface area contributed by atoms with Crippen LogP contribution in [0.5, 0.6) is 11.5 Å². The second kappa shape index (κ2) is 5.82. The van der Waals surface area contributed by atoms with Crippen LogP contribution in [0.2, 0.25) is 0 Å². The summed E-state index contributed by atoms with van der Waals surface area (Å²) in [6, 6.07) is 5.87. The van der Waals surface area contributed by atoms with Gasteiger partial charge in [-0.15, -0.1) is 0 Å². The molecule has 0 saturated carbocycles. The monoisotopic (exact) mass is 354 g/mol. The van der Waals surface area contributed by atoms with Gasteiger partial charge in [-0.05, 0) is 30.0 Å². The zero-order chi connectivity index (χ0) is 17.5. The smallest absolute Gasteiger partial charge is 0.326 e. The molecule has 0 bridgehead atoms. The number of carbonyl (C=O) groups is 1. The summed E-state index contributed by atoms with van der Waals surface area (Å²) in [5.74, 6) is -1.87. The summed E-state index contributed by atoms with van der Waals surface area (Å²) in [4.78, 5) is 11.3. The Kier molecular flexibility index (Phi) is 3.96. The van der Waals surface area contributed by atoms with Crippen molar-refractivity contribution in [3.8, 4) is 11.5 Å². The molecule has 1 heterocycles. The Bertz CT molecular complexity index is 929. The number of fused-ring (bicyclic) bond motifs is 1. The van der Waals surface area contributed by atoms with Gasteiger partial charge in [-0.3, -0.25) is 4.79 Å². The number of benzene rings is 2. The van der Waals surface area contributed by atoms with E-state index in [1.807, 2.05) is 6.92 Å². The molecule has 0 unspecified atom stereocenters. The van der Waals surface area contributed by atoms with E-state index in [1.165, 1.54) is 12.1 Å². The van der Waals surface area contributed by atoms with Gasteiger partial charge in [0.2, 0.25) is 0 Å². The van der Waals surface area contributed by atoms with E-state index in [4.69, 9.17) is 4.74 Å². The number of hydrogen-bond donors (Lipinski definition) is 2. The Balaban J connectivity index is 2.16. The van der Waals surface area contributed by atoms with Gasteiger partial charge in [-0.2, -0.15) is 8.42 Å². The van der Waals surface area contributed by atoms with Gasteiger partial charge in [0.15, 0.2) is 5.82 Å². The van der Waals surface area contributed by atoms with Crippen LogP contribution in [0.25, 0.3) is 10.8 Å². The molecule has 7 nitrogen and oxygen atoms in total. The third kappa shape index (κ3) is 2.71. The summed E-state index contributed by atoms with van der Waals surface area (Å²) in [6.07, 6.45) is 0.779. The minimum atomic E-state index is -4.22. The molecule has 128 valence electrons. The molecule has 0 spiro atoms. The molecule has 1 aliphatic heterocycles. The molecular formula is C15H15FN2O5S. The number of carbonyl (C=O) groups excluding carboxylic acids is 1. The number of phenolic OH excluding ortho intramolecular Hbond substituents is 1. The zero-order valence-corrected chi connectivity index (χ0v) is 13.6. The van der Waals surface area contributed by atoms with Gasteiger partial charge in [0.05, 0.1) is 6.61 Å². The minimum Gasteiger partial charge on any atom is -0.506 e. The van der Waals surface area contributed by atoms with Gasteiger partial charge >= 0.3 is 10.2 Å². The molecule has 1 fully saturated rings. The van der Waals surface area contributed by atoms with Crippen molar-refractivity contribution >= 4 is 32.6 Å². The second-order valence-corrected chi connectivity index (χ2v) is 6.92. The first-order chi connectivity index (χ1) is 11.3. The number of nitrogens with one attached hydrogen (secondary N) is 1. The summed E-state index contributed by atoms with van der Waals surface area (Å²) < 4.78 is 46.4. The first-order valence-corrected chi connectivity index (χ1v) is 8.69. The fourth-order valence-electron chi connectivity index (χ4n) is 2.50. The largest absolute Gasteiger partial charge is 0.506 e. The normalized spacial score (nSPS) is 16.4. The fraction of sp³-hybridized carbons (Fsp3) is 0.267. The van der Waals surface area contributed by atoms with E-state index in [9.17, 15) is 22.7 Å². The third-order valence-electron chi connectivity index (χ3n) is 3.55. The van der Waals surface area contributed by atoms with Crippen LogP contribution in [0.15, 0.2) is 24.3 Å². The molecule has 1 saturated heterocycles. The molecule has 24 heavy (non-hydrogen) atoms. The van der Waals surface area contributed by atoms with Crippen LogP contribution in [0.4, 0.5) is 10.1 Å². The Morgan fingerprint density at radius 3 is 2.75 bits per heavy atom. The van der Waals surface area contributed by atoms with Crippen molar-refractivity contribution in [3.63, 3.8) is 0 Å². The van der Waals surface area contributed by atoms with E-state index in [-0.39, 0.29) is 5.39 Å². The lowest BCUT2D eigenvalue weighted by Gasteiger charge is -2.18. The van der Waals surface area contributed by atoms with Crippen LogP contribution < -0.4 is 13.8 Å². The van der Waals surface area contributed by atoms with Crippen molar-refractivity contribution in [3.05, 3.63) is 30.1 Å². The van der Waals surface area contributed by atoms with E-state index >= 15 is 0 Å². The highest BCUT2D eigenvalue weighted by Gasteiger charge is 2.37. The van der Waals surface area contributed by atoms with Gasteiger partial charge in [0.1, 0.15) is 23.7 Å². The average Bonchev–Trinajstić information content (AvgIpc) is 2.78. The lowest BCUT2D eigenvalue weighted by molar-refractivity contribution is -0.117. The Labute approximate surface area is 137 Å². The maximum absolute atomic E-state index is 14.9. The number of halogens is 1. The van der Waals surface area contributed by atoms with Gasteiger partial charge in [0, 0.05) is 5.39 Å². The maximum atomic E-state index is 14.9. The second-order valence-electron chi connectivity index (χ2n) is 5.33. The highest BCUT2D eigenvalue weighted by atomic mass is 32.2. The van der Waals surface area contributed by atoms with Gasteiger partial charge in [0.25, 0.3) is 5.91 Å². The van der Waals surface area contributed by atoms with E-state index in [2.05, 4.69) is 0 Å². The Hall–Kier alpha value is -2.55.